The Bertz CT molecular complexity index is 2310. The van der Waals surface area contributed by atoms with Gasteiger partial charge in [-0.25, -0.2) is 4.79 Å². The van der Waals surface area contributed by atoms with E-state index < -0.39 is 73.9 Å². The van der Waals surface area contributed by atoms with Crippen LogP contribution in [0.2, 0.25) is 0 Å². The number of rotatable bonds is 51. The fraction of sp³-hybridized carbons (Fsp3) is 0.493. The molecule has 0 amide bonds. The van der Waals surface area contributed by atoms with Gasteiger partial charge in [0.05, 0.1) is 6.61 Å². The van der Waals surface area contributed by atoms with Crippen LogP contribution in [0.15, 0.2) is 207 Å². The summed E-state index contributed by atoms with van der Waals surface area (Å²) in [5.41, 5.74) is 0. The fourth-order valence-electron chi connectivity index (χ4n) is 8.09. The average Bonchev–Trinajstić information content (AvgIpc) is 2.56. The molecule has 0 aromatic carbocycles. The number of hydrogen-bond acceptors (Lipinski definition) is 11. The summed E-state index contributed by atoms with van der Waals surface area (Å²) < 4.78 is 28.3. The number of allylic oxidation sites excluding steroid dienone is 34. The second-order valence-electron chi connectivity index (χ2n) is 20.5. The fourth-order valence-corrected chi connectivity index (χ4v) is 8.09. The highest BCUT2D eigenvalue weighted by Crippen LogP contribution is 2.26. The van der Waals surface area contributed by atoms with Gasteiger partial charge >= 0.3 is 23.9 Å². The van der Waals surface area contributed by atoms with Crippen molar-refractivity contribution in [3.63, 3.8) is 0 Å². The van der Waals surface area contributed by atoms with Crippen molar-refractivity contribution < 1.29 is 58.2 Å². The van der Waals surface area contributed by atoms with Crippen molar-refractivity contribution in [3.05, 3.63) is 207 Å². The molecule has 6 unspecified atom stereocenters. The highest BCUT2D eigenvalue weighted by Gasteiger charge is 2.50. The van der Waals surface area contributed by atoms with Crippen molar-refractivity contribution in [3.8, 4) is 0 Å². The molecule has 1 fully saturated rings. The molecule has 1 saturated heterocycles. The maximum Gasteiger partial charge on any atom is 0.335 e. The molecule has 6 atom stereocenters. The van der Waals surface area contributed by atoms with Crippen LogP contribution in [0, 0.1) is 0 Å². The van der Waals surface area contributed by atoms with E-state index in [0.29, 0.717) is 32.1 Å². The van der Waals surface area contributed by atoms with Crippen LogP contribution in [0.1, 0.15) is 188 Å². The summed E-state index contributed by atoms with van der Waals surface area (Å²) in [6, 6.07) is 0. The van der Waals surface area contributed by atoms with Crippen molar-refractivity contribution in [2.45, 2.75) is 225 Å². The van der Waals surface area contributed by atoms with E-state index >= 15 is 0 Å². The van der Waals surface area contributed by atoms with E-state index in [9.17, 15) is 34.5 Å². The lowest BCUT2D eigenvalue weighted by molar-refractivity contribution is -0.301. The Morgan fingerprint density at radius 2 is 0.713 bits per heavy atom. The molecule has 480 valence electrons. The SMILES string of the molecule is CC/C=C\C/C=C\C/C=C\C/C=C\C/C=C\C/C=C\CCC(=O)OCC(COC1OC(C(=O)O)C(O)C(O)C1OC(=O)CC/C=C\C/C=C\C/C=C\C/C=C\C/C=C\C/C=C\CC)OC(=O)CCCCC/C=C\C/C=C\C/C=C\C/C=C\C/C=C\CC. The standard InChI is InChI=1S/C75H108O12/c1-4-7-10-13-16-19-22-25-28-31-34-37-40-43-46-49-52-55-58-61-67(76)83-64-66(85-68(77)62-59-56-53-50-47-44-41-38-35-32-29-26-23-20-17-14-11-8-5-2)65-84-75-73(71(80)70(79)72(87-75)74(81)82)86-69(78)63-60-57-54-51-48-45-42-39-36-33-30-27-24-21-18-15-12-9-6-3/h7-12,16-21,25-30,34-39,43-48,52,54-55,57,66,70-73,75,79-80H,4-6,13-15,22-24,31-33,40-42,49-51,53,56,58-65H2,1-3H3,(H,81,82)/b10-7-,11-8-,12-9-,19-16-,20-17-,21-18-,28-25-,29-26-,30-27-,37-34-,38-35-,39-36-,46-43-,47-44-,48-45-,55-52-,57-54-. The number of carbonyl (C=O) groups excluding carboxylic acids is 3. The van der Waals surface area contributed by atoms with E-state index in [1.54, 1.807) is 0 Å². The molecule has 0 aliphatic carbocycles. The van der Waals surface area contributed by atoms with E-state index in [1.807, 2.05) is 30.4 Å². The minimum Gasteiger partial charge on any atom is -0.479 e. The van der Waals surface area contributed by atoms with Crippen LogP contribution < -0.4 is 0 Å². The first-order valence-corrected chi connectivity index (χ1v) is 32.1. The van der Waals surface area contributed by atoms with E-state index in [2.05, 4.69) is 197 Å². The second kappa shape index (κ2) is 59.6. The predicted molar refractivity (Wildman–Crippen MR) is 357 cm³/mol. The van der Waals surface area contributed by atoms with Gasteiger partial charge in [-0.15, -0.1) is 0 Å². The quantitative estimate of drug-likeness (QED) is 0.0228. The predicted octanol–water partition coefficient (Wildman–Crippen LogP) is 17.6. The summed E-state index contributed by atoms with van der Waals surface area (Å²) in [6.45, 7) is 5.51. The first-order valence-electron chi connectivity index (χ1n) is 32.1. The Balaban J connectivity index is 2.81. The number of aliphatic hydroxyl groups excluding tert-OH is 2. The number of aliphatic carboxylic acids is 1. The van der Waals surface area contributed by atoms with Crippen LogP contribution in [0.25, 0.3) is 0 Å². The maximum atomic E-state index is 13.2. The normalized spacial score (nSPS) is 18.7. The number of carboxylic acids is 1. The van der Waals surface area contributed by atoms with Gasteiger partial charge in [0.2, 0.25) is 0 Å². The Morgan fingerprint density at radius 1 is 0.379 bits per heavy atom. The van der Waals surface area contributed by atoms with Gasteiger partial charge < -0.3 is 39.0 Å². The van der Waals surface area contributed by atoms with Crippen LogP contribution in [0.4, 0.5) is 0 Å². The number of unbranched alkanes of at least 4 members (excludes halogenated alkanes) is 3. The molecular weight excluding hydrogens is 1090 g/mol. The number of hydrogen-bond donors (Lipinski definition) is 3. The molecule has 1 rings (SSSR count). The minimum absolute atomic E-state index is 0.0638. The van der Waals surface area contributed by atoms with Crippen molar-refractivity contribution in [2.75, 3.05) is 13.2 Å². The Hall–Kier alpha value is -6.70. The molecule has 1 heterocycles. The van der Waals surface area contributed by atoms with Crippen molar-refractivity contribution in [2.24, 2.45) is 0 Å². The third-order valence-corrected chi connectivity index (χ3v) is 12.9. The van der Waals surface area contributed by atoms with Gasteiger partial charge in [0, 0.05) is 19.3 Å². The molecule has 87 heavy (non-hydrogen) atoms. The largest absolute Gasteiger partial charge is 0.479 e. The van der Waals surface area contributed by atoms with E-state index in [-0.39, 0.29) is 19.3 Å². The average molecular weight is 1200 g/mol. The summed E-state index contributed by atoms with van der Waals surface area (Å²) in [5.74, 6) is -3.43. The Kier molecular flexibility index (Phi) is 53.7. The topological polar surface area (TPSA) is 175 Å². The van der Waals surface area contributed by atoms with E-state index in [0.717, 1.165) is 116 Å². The lowest BCUT2D eigenvalue weighted by Gasteiger charge is -2.40. The summed E-state index contributed by atoms with van der Waals surface area (Å²) in [4.78, 5) is 51.3. The molecule has 0 aromatic heterocycles. The highest BCUT2D eigenvalue weighted by atomic mass is 16.7. The monoisotopic (exact) mass is 1200 g/mol. The Morgan fingerprint density at radius 3 is 1.07 bits per heavy atom. The molecule has 3 N–H and O–H groups in total. The molecule has 0 bridgehead atoms. The summed E-state index contributed by atoms with van der Waals surface area (Å²) >= 11 is 0. The lowest BCUT2D eigenvalue weighted by atomic mass is 9.98. The first kappa shape index (κ1) is 78.3. The van der Waals surface area contributed by atoms with Crippen molar-refractivity contribution >= 4 is 23.9 Å². The molecule has 0 saturated carbocycles. The smallest absolute Gasteiger partial charge is 0.335 e. The third-order valence-electron chi connectivity index (χ3n) is 12.9. The molecule has 0 radical (unpaired) electrons. The number of aliphatic hydroxyl groups is 2. The maximum absolute atomic E-state index is 13.2. The Labute approximate surface area is 524 Å². The van der Waals surface area contributed by atoms with Gasteiger partial charge in [0.15, 0.2) is 24.6 Å². The second-order valence-corrected chi connectivity index (χ2v) is 20.5. The molecule has 1 aliphatic rings. The molecule has 0 spiro atoms. The van der Waals surface area contributed by atoms with Gasteiger partial charge in [-0.2, -0.15) is 0 Å². The van der Waals surface area contributed by atoms with Crippen molar-refractivity contribution in [1.82, 2.24) is 0 Å². The molecule has 12 heteroatoms. The lowest BCUT2D eigenvalue weighted by Crippen LogP contribution is -2.61. The van der Waals surface area contributed by atoms with E-state index in [4.69, 9.17) is 23.7 Å². The molecule has 12 nitrogen and oxygen atoms in total. The number of carbonyl (C=O) groups is 4. The summed E-state index contributed by atoms with van der Waals surface area (Å²) in [7, 11) is 0. The van der Waals surface area contributed by atoms with Gasteiger partial charge in [-0.1, -0.05) is 234 Å². The molecule has 0 aromatic rings. The zero-order valence-corrected chi connectivity index (χ0v) is 52.9. The first-order chi connectivity index (χ1) is 42.6. The van der Waals surface area contributed by atoms with Gasteiger partial charge in [-0.3, -0.25) is 14.4 Å². The van der Waals surface area contributed by atoms with Crippen LogP contribution in [-0.2, 0) is 42.9 Å². The van der Waals surface area contributed by atoms with E-state index in [1.165, 1.54) is 0 Å². The van der Waals surface area contributed by atoms with Gasteiger partial charge in [0.25, 0.3) is 0 Å². The summed E-state index contributed by atoms with van der Waals surface area (Å²) in [5, 5.41) is 31.6. The zero-order valence-electron chi connectivity index (χ0n) is 52.9. The van der Waals surface area contributed by atoms with Crippen LogP contribution >= 0.6 is 0 Å². The summed E-state index contributed by atoms with van der Waals surface area (Å²) in [6.07, 6.45) is 80.9. The third kappa shape index (κ3) is 49.0. The zero-order chi connectivity index (χ0) is 63.1. The number of carboxylic acid groups (broad SMARTS) is 1. The number of ether oxygens (including phenoxy) is 5. The number of esters is 3. The molecular formula is C75H108O12. The van der Waals surface area contributed by atoms with Crippen LogP contribution in [0.3, 0.4) is 0 Å². The highest BCUT2D eigenvalue weighted by molar-refractivity contribution is 5.74. The van der Waals surface area contributed by atoms with Gasteiger partial charge in [-0.05, 0) is 141 Å². The van der Waals surface area contributed by atoms with Crippen molar-refractivity contribution in [1.29, 1.82) is 0 Å². The van der Waals surface area contributed by atoms with Crippen LogP contribution in [0.5, 0.6) is 0 Å². The van der Waals surface area contributed by atoms with Gasteiger partial charge in [0.1, 0.15) is 18.8 Å². The minimum atomic E-state index is -1.96. The molecule has 1 aliphatic heterocycles. The van der Waals surface area contributed by atoms with Crippen LogP contribution in [-0.4, -0.2) is 89.2 Å².